The molecule has 0 bridgehead atoms. The number of aryl methyl sites for hydroxylation is 1. The molecule has 0 unspecified atom stereocenters. The van der Waals surface area contributed by atoms with Gasteiger partial charge < -0.3 is 5.32 Å². The number of carbonyl (C=O) groups is 1. The van der Waals surface area contributed by atoms with E-state index in [1.54, 1.807) is 17.1 Å². The van der Waals surface area contributed by atoms with Gasteiger partial charge in [0.25, 0.3) is 0 Å². The van der Waals surface area contributed by atoms with Crippen molar-refractivity contribution in [3.05, 3.63) is 47.8 Å². The van der Waals surface area contributed by atoms with Gasteiger partial charge in [-0.05, 0) is 37.3 Å². The third kappa shape index (κ3) is 2.87. The van der Waals surface area contributed by atoms with E-state index >= 15 is 0 Å². The lowest BCUT2D eigenvalue weighted by atomic mass is 9.99. The summed E-state index contributed by atoms with van der Waals surface area (Å²) in [5.41, 5.74) is 2.54. The van der Waals surface area contributed by atoms with Crippen molar-refractivity contribution in [2.24, 2.45) is 0 Å². The molecule has 1 fully saturated rings. The van der Waals surface area contributed by atoms with Crippen LogP contribution in [0.4, 0.5) is 0 Å². The van der Waals surface area contributed by atoms with E-state index in [1.165, 1.54) is 11.1 Å². The Morgan fingerprint density at radius 3 is 2.85 bits per heavy atom. The summed E-state index contributed by atoms with van der Waals surface area (Å²) in [6.07, 6.45) is 6.27. The van der Waals surface area contributed by atoms with E-state index in [9.17, 15) is 4.79 Å². The lowest BCUT2D eigenvalue weighted by Crippen LogP contribution is -2.40. The molecule has 0 spiro atoms. The van der Waals surface area contributed by atoms with Crippen molar-refractivity contribution in [1.82, 2.24) is 20.3 Å². The van der Waals surface area contributed by atoms with E-state index in [0.717, 1.165) is 19.3 Å². The summed E-state index contributed by atoms with van der Waals surface area (Å²) in [5, 5.41) is 10.7. The monoisotopic (exact) mass is 270 g/mol. The topological polar surface area (TPSA) is 59.8 Å². The Bertz CT molecular complexity index is 602. The van der Waals surface area contributed by atoms with Crippen molar-refractivity contribution in [3.63, 3.8) is 0 Å². The smallest absolute Gasteiger partial charge is 0.242 e. The zero-order chi connectivity index (χ0) is 14.0. The summed E-state index contributed by atoms with van der Waals surface area (Å²) < 4.78 is 1.54. The fraction of sp³-hybridized carbons (Fsp3) is 0.400. The third-order valence-electron chi connectivity index (χ3n) is 3.83. The van der Waals surface area contributed by atoms with Gasteiger partial charge in [0.05, 0.1) is 6.20 Å². The van der Waals surface area contributed by atoms with Gasteiger partial charge in [0.2, 0.25) is 5.91 Å². The molecule has 1 heterocycles. The van der Waals surface area contributed by atoms with Gasteiger partial charge in [-0.1, -0.05) is 29.5 Å². The van der Waals surface area contributed by atoms with Crippen LogP contribution in [0.5, 0.6) is 0 Å². The van der Waals surface area contributed by atoms with Gasteiger partial charge in [-0.15, -0.1) is 5.10 Å². The summed E-state index contributed by atoms with van der Waals surface area (Å²) >= 11 is 0. The number of carbonyl (C=O) groups excluding carboxylic acids is 1. The molecule has 1 aromatic carbocycles. The predicted octanol–water partition coefficient (Wildman–Crippen LogP) is 1.48. The fourth-order valence-corrected chi connectivity index (χ4v) is 2.47. The van der Waals surface area contributed by atoms with Crippen LogP contribution >= 0.6 is 0 Å². The molecule has 1 aliphatic rings. The average Bonchev–Trinajstić information content (AvgIpc) is 2.96. The first-order valence-corrected chi connectivity index (χ1v) is 6.87. The minimum Gasteiger partial charge on any atom is -0.349 e. The largest absolute Gasteiger partial charge is 0.349 e. The molecule has 5 nitrogen and oxygen atoms in total. The molecule has 0 aliphatic heterocycles. The number of amides is 1. The van der Waals surface area contributed by atoms with E-state index in [1.807, 2.05) is 6.07 Å². The summed E-state index contributed by atoms with van der Waals surface area (Å²) in [6, 6.07) is 8.35. The van der Waals surface area contributed by atoms with Crippen molar-refractivity contribution < 1.29 is 4.79 Å². The number of rotatable bonds is 5. The first-order valence-electron chi connectivity index (χ1n) is 6.87. The van der Waals surface area contributed by atoms with Gasteiger partial charge in [0, 0.05) is 11.7 Å². The molecule has 5 heteroatoms. The Balaban J connectivity index is 1.62. The van der Waals surface area contributed by atoms with Crippen LogP contribution in [0, 0.1) is 6.92 Å². The third-order valence-corrected chi connectivity index (χ3v) is 3.83. The molecule has 2 aromatic rings. The van der Waals surface area contributed by atoms with E-state index < -0.39 is 0 Å². The average molecular weight is 270 g/mol. The summed E-state index contributed by atoms with van der Waals surface area (Å²) in [6.45, 7) is 2.35. The lowest BCUT2D eigenvalue weighted by molar-refractivity contribution is -0.122. The molecule has 0 radical (unpaired) electrons. The molecule has 104 valence electrons. The first kappa shape index (κ1) is 12.8. The Morgan fingerprint density at radius 2 is 2.20 bits per heavy atom. The van der Waals surface area contributed by atoms with Crippen LogP contribution in [0.3, 0.4) is 0 Å². The summed E-state index contributed by atoms with van der Waals surface area (Å²) in [4.78, 5) is 12.0. The maximum atomic E-state index is 12.0. The van der Waals surface area contributed by atoms with Gasteiger partial charge in [-0.2, -0.15) is 0 Å². The molecule has 0 saturated heterocycles. The quantitative estimate of drug-likeness (QED) is 0.895. The van der Waals surface area contributed by atoms with Gasteiger partial charge in [0.15, 0.2) is 0 Å². The van der Waals surface area contributed by atoms with Crippen LogP contribution in [0.25, 0.3) is 0 Å². The van der Waals surface area contributed by atoms with Crippen LogP contribution in [0.1, 0.15) is 24.0 Å². The Labute approximate surface area is 118 Å². The zero-order valence-electron chi connectivity index (χ0n) is 11.5. The normalized spacial score (nSPS) is 15.8. The second-order valence-corrected chi connectivity index (χ2v) is 5.53. The highest BCUT2D eigenvalue weighted by Crippen LogP contribution is 2.39. The Kier molecular flexibility index (Phi) is 3.26. The number of aromatic nitrogens is 3. The van der Waals surface area contributed by atoms with E-state index in [2.05, 4.69) is 40.8 Å². The highest BCUT2D eigenvalue weighted by atomic mass is 16.2. The SMILES string of the molecule is Cc1ccccc1CC1(NC(=O)Cn2ccnn2)CC1. The van der Waals surface area contributed by atoms with Gasteiger partial charge >= 0.3 is 0 Å². The number of nitrogens with zero attached hydrogens (tertiary/aromatic N) is 3. The Morgan fingerprint density at radius 1 is 1.40 bits per heavy atom. The maximum absolute atomic E-state index is 12.0. The standard InChI is InChI=1S/C15H18N4O/c1-12-4-2-3-5-13(12)10-15(6-7-15)17-14(20)11-19-9-8-16-18-19/h2-5,8-9H,6-7,10-11H2,1H3,(H,17,20). The highest BCUT2D eigenvalue weighted by Gasteiger charge is 2.44. The molecule has 20 heavy (non-hydrogen) atoms. The maximum Gasteiger partial charge on any atom is 0.242 e. The molecular formula is C15H18N4O. The van der Waals surface area contributed by atoms with Crippen molar-refractivity contribution in [3.8, 4) is 0 Å². The van der Waals surface area contributed by atoms with E-state index in [-0.39, 0.29) is 18.0 Å². The van der Waals surface area contributed by atoms with Gasteiger partial charge in [-0.3, -0.25) is 4.79 Å². The van der Waals surface area contributed by atoms with Gasteiger partial charge in [-0.25, -0.2) is 4.68 Å². The van der Waals surface area contributed by atoms with Crippen LogP contribution < -0.4 is 5.32 Å². The predicted molar refractivity (Wildman–Crippen MR) is 75.0 cm³/mol. The van der Waals surface area contributed by atoms with Crippen LogP contribution in [-0.2, 0) is 17.8 Å². The molecule has 1 amide bonds. The van der Waals surface area contributed by atoms with Crippen LogP contribution in [0.2, 0.25) is 0 Å². The summed E-state index contributed by atoms with van der Waals surface area (Å²) in [5.74, 6) is 0.00147. The van der Waals surface area contributed by atoms with Gasteiger partial charge in [0.1, 0.15) is 6.54 Å². The lowest BCUT2D eigenvalue weighted by Gasteiger charge is -2.18. The van der Waals surface area contributed by atoms with Crippen molar-refractivity contribution >= 4 is 5.91 Å². The molecule has 0 atom stereocenters. The first-order chi connectivity index (χ1) is 9.67. The van der Waals surface area contributed by atoms with Crippen LogP contribution in [-0.4, -0.2) is 26.4 Å². The van der Waals surface area contributed by atoms with Crippen LogP contribution in [0.15, 0.2) is 36.7 Å². The fourth-order valence-electron chi connectivity index (χ4n) is 2.47. The minimum absolute atomic E-state index is 0.00147. The van der Waals surface area contributed by atoms with E-state index in [0.29, 0.717) is 0 Å². The number of hydrogen-bond acceptors (Lipinski definition) is 3. The molecule has 1 aromatic heterocycles. The highest BCUT2D eigenvalue weighted by molar-refractivity contribution is 5.77. The number of hydrogen-bond donors (Lipinski definition) is 1. The second kappa shape index (κ2) is 5.07. The molecule has 1 N–H and O–H groups in total. The Hall–Kier alpha value is -2.17. The molecule has 1 saturated carbocycles. The zero-order valence-corrected chi connectivity index (χ0v) is 11.5. The van der Waals surface area contributed by atoms with Crippen molar-refractivity contribution in [2.45, 2.75) is 38.3 Å². The molecule has 1 aliphatic carbocycles. The molecular weight excluding hydrogens is 252 g/mol. The summed E-state index contributed by atoms with van der Waals surface area (Å²) in [7, 11) is 0. The second-order valence-electron chi connectivity index (χ2n) is 5.53. The molecule has 3 rings (SSSR count). The van der Waals surface area contributed by atoms with E-state index in [4.69, 9.17) is 0 Å². The number of nitrogens with one attached hydrogen (secondary N) is 1. The number of benzene rings is 1. The van der Waals surface area contributed by atoms with Crippen molar-refractivity contribution in [2.75, 3.05) is 0 Å². The van der Waals surface area contributed by atoms with Crippen molar-refractivity contribution in [1.29, 1.82) is 0 Å². The minimum atomic E-state index is -0.0518.